The lowest BCUT2D eigenvalue weighted by atomic mass is 9.98. The number of carbonyl (C=O) groups excluding carboxylic acids is 1. The van der Waals surface area contributed by atoms with Crippen LogP contribution in [0.5, 0.6) is 0 Å². The van der Waals surface area contributed by atoms with E-state index in [4.69, 9.17) is 0 Å². The van der Waals surface area contributed by atoms with E-state index in [1.165, 1.54) is 6.92 Å². The second-order valence-electron chi connectivity index (χ2n) is 5.60. The average Bonchev–Trinajstić information content (AvgIpc) is 3.16. The number of halogens is 3. The third-order valence-electron chi connectivity index (χ3n) is 3.94. The molecule has 6 nitrogen and oxygen atoms in total. The highest BCUT2D eigenvalue weighted by Crippen LogP contribution is 2.38. The first-order valence-electron chi connectivity index (χ1n) is 7.47. The Hall–Kier alpha value is -2.10. The van der Waals surface area contributed by atoms with Gasteiger partial charge in [0.1, 0.15) is 4.88 Å². The van der Waals surface area contributed by atoms with Crippen molar-refractivity contribution in [2.45, 2.75) is 38.4 Å². The number of rotatable bonds is 2. The molecular formula is C14H16F3N5OS. The first kappa shape index (κ1) is 16.7. The summed E-state index contributed by atoms with van der Waals surface area (Å²) in [5.41, 5.74) is 0.754. The molecule has 0 aliphatic carbocycles. The number of piperidine rings is 1. The van der Waals surface area contributed by atoms with E-state index in [-0.39, 0.29) is 16.9 Å². The van der Waals surface area contributed by atoms with Crippen LogP contribution in [-0.2, 0) is 6.18 Å². The molecule has 0 saturated carbocycles. The summed E-state index contributed by atoms with van der Waals surface area (Å²) in [6.07, 6.45) is 1.55. The normalized spacial score (nSPS) is 18.7. The van der Waals surface area contributed by atoms with Gasteiger partial charge in [0.25, 0.3) is 0 Å². The summed E-state index contributed by atoms with van der Waals surface area (Å²) in [7, 11) is 0. The van der Waals surface area contributed by atoms with E-state index in [0.29, 0.717) is 17.9 Å². The van der Waals surface area contributed by atoms with Crippen molar-refractivity contribution in [1.82, 2.24) is 20.1 Å². The Morgan fingerprint density at radius 1 is 1.46 bits per heavy atom. The van der Waals surface area contributed by atoms with E-state index in [1.54, 1.807) is 17.3 Å². The number of anilines is 1. The van der Waals surface area contributed by atoms with Gasteiger partial charge in [0.15, 0.2) is 5.13 Å². The zero-order valence-corrected chi connectivity index (χ0v) is 13.7. The predicted octanol–water partition coefficient (Wildman–Crippen LogP) is 3.95. The number of alkyl halides is 3. The van der Waals surface area contributed by atoms with Gasteiger partial charge in [0.05, 0.1) is 17.9 Å². The Labute approximate surface area is 140 Å². The highest BCUT2D eigenvalue weighted by molar-refractivity contribution is 7.16. The molecule has 0 bridgehead atoms. The van der Waals surface area contributed by atoms with Gasteiger partial charge in [-0.05, 0) is 26.2 Å². The van der Waals surface area contributed by atoms with Crippen LogP contribution >= 0.6 is 11.3 Å². The molecule has 1 aliphatic heterocycles. The summed E-state index contributed by atoms with van der Waals surface area (Å²) in [6, 6.07) is -0.580. The lowest BCUT2D eigenvalue weighted by Gasteiger charge is -2.34. The Bertz CT molecular complexity index is 713. The molecule has 1 fully saturated rings. The fraction of sp³-hybridized carbons (Fsp3) is 0.500. The van der Waals surface area contributed by atoms with Gasteiger partial charge in [0.2, 0.25) is 0 Å². The van der Waals surface area contributed by atoms with Crippen LogP contribution in [0.2, 0.25) is 0 Å². The van der Waals surface area contributed by atoms with Gasteiger partial charge in [0, 0.05) is 18.3 Å². The van der Waals surface area contributed by atoms with Crippen molar-refractivity contribution in [3.63, 3.8) is 0 Å². The molecule has 1 aliphatic rings. The fourth-order valence-electron chi connectivity index (χ4n) is 2.84. The van der Waals surface area contributed by atoms with Crippen LogP contribution < -0.4 is 5.32 Å². The summed E-state index contributed by atoms with van der Waals surface area (Å²) in [5.74, 6) is 0. The van der Waals surface area contributed by atoms with Crippen molar-refractivity contribution >= 4 is 22.5 Å². The highest BCUT2D eigenvalue weighted by Gasteiger charge is 2.36. The maximum atomic E-state index is 12.8. The average molecular weight is 359 g/mol. The third kappa shape index (κ3) is 3.37. The lowest BCUT2D eigenvalue weighted by Crippen LogP contribution is -2.41. The number of H-pyrrole nitrogens is 1. The summed E-state index contributed by atoms with van der Waals surface area (Å²) >= 11 is 0.444. The largest absolute Gasteiger partial charge is 0.427 e. The van der Waals surface area contributed by atoms with E-state index in [2.05, 4.69) is 20.5 Å². The number of nitrogens with zero attached hydrogens (tertiary/aromatic N) is 3. The number of likely N-dealkylation sites (tertiary alicyclic amines) is 1. The quantitative estimate of drug-likeness (QED) is 0.853. The zero-order chi connectivity index (χ0) is 17.3. The molecule has 1 saturated heterocycles. The van der Waals surface area contributed by atoms with Crippen molar-refractivity contribution < 1.29 is 18.0 Å². The smallest absolute Gasteiger partial charge is 0.317 e. The van der Waals surface area contributed by atoms with Gasteiger partial charge in [-0.25, -0.2) is 9.78 Å². The van der Waals surface area contributed by atoms with Crippen LogP contribution in [0, 0.1) is 6.92 Å². The maximum Gasteiger partial charge on any atom is 0.427 e. The molecule has 2 amide bonds. The Kier molecular flexibility index (Phi) is 4.48. The molecule has 3 rings (SSSR count). The van der Waals surface area contributed by atoms with Gasteiger partial charge in [-0.1, -0.05) is 11.3 Å². The van der Waals surface area contributed by atoms with Crippen molar-refractivity contribution in [2.75, 3.05) is 11.9 Å². The van der Waals surface area contributed by atoms with Crippen molar-refractivity contribution in [1.29, 1.82) is 0 Å². The lowest BCUT2D eigenvalue weighted by molar-refractivity contribution is -0.134. The number of carbonyl (C=O) groups is 1. The number of aromatic amines is 1. The number of aryl methyl sites for hydroxylation is 1. The standard InChI is InChI=1S/C14H16F3N5OS/c1-8-11(14(15,16)17)24-12(20-8)21-13(23)22-5-3-2-4-10(22)9-6-18-19-7-9/h6-7,10H,2-5H2,1H3,(H,18,19)(H,20,21,23). The second kappa shape index (κ2) is 6.42. The Morgan fingerprint density at radius 2 is 2.25 bits per heavy atom. The van der Waals surface area contributed by atoms with Crippen LogP contribution in [0.4, 0.5) is 23.1 Å². The fourth-order valence-corrected chi connectivity index (χ4v) is 3.66. The molecule has 2 N–H and O–H groups in total. The minimum atomic E-state index is -4.46. The number of amides is 2. The molecule has 0 radical (unpaired) electrons. The minimum Gasteiger partial charge on any atom is -0.317 e. The van der Waals surface area contributed by atoms with Crippen LogP contribution in [0.15, 0.2) is 12.4 Å². The van der Waals surface area contributed by atoms with Crippen LogP contribution in [0.25, 0.3) is 0 Å². The van der Waals surface area contributed by atoms with E-state index < -0.39 is 17.1 Å². The van der Waals surface area contributed by atoms with Gasteiger partial charge < -0.3 is 4.90 Å². The van der Waals surface area contributed by atoms with E-state index in [1.807, 2.05) is 0 Å². The SMILES string of the molecule is Cc1nc(NC(=O)N2CCCCC2c2cn[nH]c2)sc1C(F)(F)F. The molecule has 1 unspecified atom stereocenters. The van der Waals surface area contributed by atoms with Gasteiger partial charge in [-0.3, -0.25) is 10.4 Å². The zero-order valence-electron chi connectivity index (χ0n) is 12.9. The predicted molar refractivity (Wildman–Crippen MR) is 82.8 cm³/mol. The summed E-state index contributed by atoms with van der Waals surface area (Å²) in [6.45, 7) is 1.82. The van der Waals surface area contributed by atoms with Gasteiger partial charge in [-0.15, -0.1) is 0 Å². The number of hydrogen-bond donors (Lipinski definition) is 2. The van der Waals surface area contributed by atoms with E-state index in [9.17, 15) is 18.0 Å². The van der Waals surface area contributed by atoms with Crippen molar-refractivity contribution in [3.05, 3.63) is 28.5 Å². The minimum absolute atomic E-state index is 0.0404. The molecule has 0 spiro atoms. The number of hydrogen-bond acceptors (Lipinski definition) is 4. The molecule has 2 aromatic rings. The Morgan fingerprint density at radius 3 is 2.88 bits per heavy atom. The monoisotopic (exact) mass is 359 g/mol. The third-order valence-corrected chi connectivity index (χ3v) is 5.05. The molecule has 24 heavy (non-hydrogen) atoms. The molecule has 0 aromatic carbocycles. The van der Waals surface area contributed by atoms with Crippen molar-refractivity contribution in [2.24, 2.45) is 0 Å². The van der Waals surface area contributed by atoms with Crippen LogP contribution in [-0.4, -0.2) is 32.7 Å². The van der Waals surface area contributed by atoms with E-state index in [0.717, 1.165) is 24.8 Å². The number of aromatic nitrogens is 3. The number of urea groups is 1. The summed E-state index contributed by atoms with van der Waals surface area (Å²) < 4.78 is 38.5. The summed E-state index contributed by atoms with van der Waals surface area (Å²) in [5, 5.41) is 9.08. The molecular weight excluding hydrogens is 343 g/mol. The molecule has 1 atom stereocenters. The van der Waals surface area contributed by atoms with Crippen LogP contribution in [0.1, 0.15) is 41.4 Å². The molecule has 130 valence electrons. The number of thiazole rings is 1. The van der Waals surface area contributed by atoms with Crippen molar-refractivity contribution in [3.8, 4) is 0 Å². The maximum absolute atomic E-state index is 12.8. The topological polar surface area (TPSA) is 73.9 Å². The summed E-state index contributed by atoms with van der Waals surface area (Å²) in [4.78, 5) is 17.2. The van der Waals surface area contributed by atoms with Crippen LogP contribution in [0.3, 0.4) is 0 Å². The first-order valence-corrected chi connectivity index (χ1v) is 8.29. The van der Waals surface area contributed by atoms with E-state index >= 15 is 0 Å². The molecule has 3 heterocycles. The number of nitrogens with one attached hydrogen (secondary N) is 2. The first-order chi connectivity index (χ1) is 11.4. The van der Waals surface area contributed by atoms with Gasteiger partial charge in [-0.2, -0.15) is 18.3 Å². The van der Waals surface area contributed by atoms with Gasteiger partial charge >= 0.3 is 12.2 Å². The highest BCUT2D eigenvalue weighted by atomic mass is 32.1. The second-order valence-corrected chi connectivity index (χ2v) is 6.60. The molecule has 10 heteroatoms. The molecule has 2 aromatic heterocycles. The Balaban J connectivity index is 1.76.